The molecule has 3 rings (SSSR count). The van der Waals surface area contributed by atoms with Crippen molar-refractivity contribution in [3.8, 4) is 0 Å². The number of ether oxygens (including phenoxy) is 2. The Morgan fingerprint density at radius 2 is 2.19 bits per heavy atom. The summed E-state index contributed by atoms with van der Waals surface area (Å²) in [4.78, 5) is 20.8. The fourth-order valence-corrected chi connectivity index (χ4v) is 3.52. The number of hydrogen-bond donors (Lipinski definition) is 1. The number of morpholine rings is 1. The standard InChI is InChI=1S/C19H29N3O4/c1-21(14-15-3-2-7-20-13-15)8-6-16-4-5-17(23)18(26-16)19(24)22-9-11-25-12-10-22/h2-3,7,13,16-18,23H,4-6,8-12,14H2,1H3/t16-,17+,18+/m1/s1. The van der Waals surface area contributed by atoms with Crippen LogP contribution >= 0.6 is 0 Å². The Bertz CT molecular complexity index is 565. The van der Waals surface area contributed by atoms with Crippen LogP contribution in [0.25, 0.3) is 0 Å². The summed E-state index contributed by atoms with van der Waals surface area (Å²) >= 11 is 0. The Balaban J connectivity index is 1.47. The van der Waals surface area contributed by atoms with Crippen LogP contribution in [0.1, 0.15) is 24.8 Å². The molecule has 3 heterocycles. The summed E-state index contributed by atoms with van der Waals surface area (Å²) in [5.41, 5.74) is 1.18. The van der Waals surface area contributed by atoms with Gasteiger partial charge in [0.15, 0.2) is 6.10 Å². The van der Waals surface area contributed by atoms with E-state index in [-0.39, 0.29) is 12.0 Å². The minimum atomic E-state index is -0.740. The predicted octanol–water partition coefficient (Wildman–Crippen LogP) is 0.671. The molecule has 2 aliphatic heterocycles. The number of aliphatic hydroxyl groups excluding tert-OH is 1. The van der Waals surface area contributed by atoms with Gasteiger partial charge in [-0.15, -0.1) is 0 Å². The van der Waals surface area contributed by atoms with Crippen LogP contribution in [0.5, 0.6) is 0 Å². The van der Waals surface area contributed by atoms with Gasteiger partial charge in [-0.3, -0.25) is 9.78 Å². The van der Waals surface area contributed by atoms with Gasteiger partial charge in [0.1, 0.15) is 0 Å². The van der Waals surface area contributed by atoms with Crippen molar-refractivity contribution in [1.29, 1.82) is 0 Å². The summed E-state index contributed by atoms with van der Waals surface area (Å²) in [7, 11) is 2.07. The molecule has 2 aliphatic rings. The second-order valence-corrected chi connectivity index (χ2v) is 7.15. The number of amides is 1. The van der Waals surface area contributed by atoms with Crippen molar-refractivity contribution in [2.45, 2.75) is 44.1 Å². The lowest BCUT2D eigenvalue weighted by Gasteiger charge is -2.37. The van der Waals surface area contributed by atoms with E-state index in [0.29, 0.717) is 32.7 Å². The Kier molecular flexibility index (Phi) is 6.96. The van der Waals surface area contributed by atoms with Crippen molar-refractivity contribution in [3.05, 3.63) is 30.1 Å². The van der Waals surface area contributed by atoms with Crippen molar-refractivity contribution in [2.24, 2.45) is 0 Å². The topological polar surface area (TPSA) is 75.1 Å². The molecule has 0 aliphatic carbocycles. The van der Waals surface area contributed by atoms with Crippen molar-refractivity contribution in [3.63, 3.8) is 0 Å². The molecule has 144 valence electrons. The number of aromatic nitrogens is 1. The smallest absolute Gasteiger partial charge is 0.254 e. The van der Waals surface area contributed by atoms with Gasteiger partial charge in [-0.2, -0.15) is 0 Å². The third kappa shape index (κ3) is 5.23. The molecule has 0 aromatic carbocycles. The second kappa shape index (κ2) is 9.41. The highest BCUT2D eigenvalue weighted by molar-refractivity contribution is 5.81. The lowest BCUT2D eigenvalue weighted by molar-refractivity contribution is -0.171. The SMILES string of the molecule is CN(CC[C@H]1CC[C@H](O)[C@@H](C(=O)N2CCOCC2)O1)Cc1cccnc1. The highest BCUT2D eigenvalue weighted by atomic mass is 16.5. The van der Waals surface area contributed by atoms with E-state index >= 15 is 0 Å². The summed E-state index contributed by atoms with van der Waals surface area (Å²) in [6, 6.07) is 4.00. The average molecular weight is 363 g/mol. The van der Waals surface area contributed by atoms with Gasteiger partial charge >= 0.3 is 0 Å². The molecule has 1 N–H and O–H groups in total. The molecule has 1 aromatic heterocycles. The Morgan fingerprint density at radius 3 is 2.92 bits per heavy atom. The Labute approximate surface area is 154 Å². The maximum absolute atomic E-state index is 12.7. The minimum Gasteiger partial charge on any atom is -0.390 e. The fraction of sp³-hybridized carbons (Fsp3) is 0.684. The lowest BCUT2D eigenvalue weighted by Crippen LogP contribution is -2.53. The first-order chi connectivity index (χ1) is 12.6. The van der Waals surface area contributed by atoms with E-state index < -0.39 is 12.2 Å². The minimum absolute atomic E-state index is 0.00439. The Morgan fingerprint density at radius 1 is 1.38 bits per heavy atom. The summed E-state index contributed by atoms with van der Waals surface area (Å²) in [5.74, 6) is -0.103. The zero-order chi connectivity index (χ0) is 18.4. The van der Waals surface area contributed by atoms with Crippen LogP contribution in [0.3, 0.4) is 0 Å². The number of carbonyl (C=O) groups excluding carboxylic acids is 1. The molecule has 7 heteroatoms. The number of hydrogen-bond acceptors (Lipinski definition) is 6. The van der Waals surface area contributed by atoms with Gasteiger partial charge in [0.05, 0.1) is 25.4 Å². The van der Waals surface area contributed by atoms with Crippen LogP contribution in [-0.2, 0) is 20.8 Å². The quantitative estimate of drug-likeness (QED) is 0.801. The maximum atomic E-state index is 12.7. The molecule has 0 radical (unpaired) electrons. The van der Waals surface area contributed by atoms with Gasteiger partial charge in [-0.25, -0.2) is 0 Å². The van der Waals surface area contributed by atoms with Crippen LogP contribution in [0.2, 0.25) is 0 Å². The van der Waals surface area contributed by atoms with E-state index in [9.17, 15) is 9.90 Å². The first kappa shape index (κ1) is 19.2. The number of nitrogens with zero attached hydrogens (tertiary/aromatic N) is 3. The zero-order valence-corrected chi connectivity index (χ0v) is 15.4. The van der Waals surface area contributed by atoms with Crippen LogP contribution < -0.4 is 0 Å². The van der Waals surface area contributed by atoms with E-state index in [1.807, 2.05) is 12.3 Å². The van der Waals surface area contributed by atoms with E-state index in [1.54, 1.807) is 11.1 Å². The third-order valence-corrected chi connectivity index (χ3v) is 5.05. The van der Waals surface area contributed by atoms with Gasteiger partial charge in [0.2, 0.25) is 0 Å². The van der Waals surface area contributed by atoms with Gasteiger partial charge in [-0.1, -0.05) is 6.07 Å². The van der Waals surface area contributed by atoms with Gasteiger partial charge in [0.25, 0.3) is 5.91 Å². The van der Waals surface area contributed by atoms with Gasteiger partial charge < -0.3 is 24.4 Å². The van der Waals surface area contributed by atoms with E-state index in [4.69, 9.17) is 9.47 Å². The van der Waals surface area contributed by atoms with Crippen molar-refractivity contribution < 1.29 is 19.4 Å². The predicted molar refractivity (Wildman–Crippen MR) is 96.5 cm³/mol. The summed E-state index contributed by atoms with van der Waals surface area (Å²) in [5, 5.41) is 10.2. The van der Waals surface area contributed by atoms with E-state index in [1.165, 1.54) is 5.56 Å². The molecule has 7 nitrogen and oxygen atoms in total. The molecular formula is C19H29N3O4. The molecule has 1 amide bonds. The largest absolute Gasteiger partial charge is 0.390 e. The van der Waals surface area contributed by atoms with Crippen molar-refractivity contribution in [1.82, 2.24) is 14.8 Å². The monoisotopic (exact) mass is 363 g/mol. The van der Waals surface area contributed by atoms with Crippen LogP contribution in [0.15, 0.2) is 24.5 Å². The molecule has 2 fully saturated rings. The Hall–Kier alpha value is -1.54. The van der Waals surface area contributed by atoms with Crippen molar-refractivity contribution in [2.75, 3.05) is 39.9 Å². The molecular weight excluding hydrogens is 334 g/mol. The van der Waals surface area contributed by atoms with Crippen LogP contribution in [0.4, 0.5) is 0 Å². The highest BCUT2D eigenvalue weighted by Crippen LogP contribution is 2.24. The summed E-state index contributed by atoms with van der Waals surface area (Å²) < 4.78 is 11.3. The molecule has 0 bridgehead atoms. The molecule has 0 spiro atoms. The average Bonchev–Trinajstić information content (AvgIpc) is 2.68. The number of rotatable bonds is 6. The van der Waals surface area contributed by atoms with Crippen molar-refractivity contribution >= 4 is 5.91 Å². The molecule has 2 saturated heterocycles. The van der Waals surface area contributed by atoms with Gasteiger partial charge in [0, 0.05) is 38.6 Å². The van der Waals surface area contributed by atoms with Crippen LogP contribution in [-0.4, -0.2) is 84.0 Å². The normalized spacial score (nSPS) is 26.9. The molecule has 26 heavy (non-hydrogen) atoms. The van der Waals surface area contributed by atoms with Gasteiger partial charge in [-0.05, 0) is 37.9 Å². The van der Waals surface area contributed by atoms with E-state index in [0.717, 1.165) is 25.9 Å². The first-order valence-corrected chi connectivity index (χ1v) is 9.41. The maximum Gasteiger partial charge on any atom is 0.254 e. The number of aliphatic hydroxyl groups is 1. The fourth-order valence-electron chi connectivity index (χ4n) is 3.52. The molecule has 3 atom stereocenters. The zero-order valence-electron chi connectivity index (χ0n) is 15.4. The molecule has 0 unspecified atom stereocenters. The van der Waals surface area contributed by atoms with Crippen LogP contribution in [0, 0.1) is 0 Å². The third-order valence-electron chi connectivity index (χ3n) is 5.05. The number of carbonyl (C=O) groups is 1. The first-order valence-electron chi connectivity index (χ1n) is 9.41. The molecule has 0 saturated carbocycles. The van der Waals surface area contributed by atoms with E-state index in [2.05, 4.69) is 23.0 Å². The highest BCUT2D eigenvalue weighted by Gasteiger charge is 2.37. The summed E-state index contributed by atoms with van der Waals surface area (Å²) in [6.07, 6.45) is 4.44. The second-order valence-electron chi connectivity index (χ2n) is 7.15. The lowest BCUT2D eigenvalue weighted by atomic mass is 9.98. The molecule has 1 aromatic rings. The number of pyridine rings is 1. The summed E-state index contributed by atoms with van der Waals surface area (Å²) in [6.45, 7) is 3.95.